The fourth-order valence-corrected chi connectivity index (χ4v) is 7.47. The number of anilines is 1. The molecule has 0 saturated carbocycles. The van der Waals surface area contributed by atoms with Crippen molar-refractivity contribution in [2.24, 2.45) is 11.8 Å². The number of hydrogen-bond acceptors (Lipinski definition) is 3. The molecule has 3 aromatic rings. The Morgan fingerprint density at radius 2 is 1.25 bits per heavy atom. The first-order valence-electron chi connectivity index (χ1n) is 11.3. The number of amides is 3. The number of hydrogen-bond donors (Lipinski definition) is 1. The van der Waals surface area contributed by atoms with Crippen LogP contribution in [0.25, 0.3) is 0 Å². The molecule has 1 N–H and O–H groups in total. The molecule has 4 aliphatic rings. The lowest BCUT2D eigenvalue weighted by molar-refractivity contribution is -0.146. The molecule has 0 aromatic heterocycles. The number of benzene rings is 3. The Balaban J connectivity index is 1.45. The van der Waals surface area contributed by atoms with Crippen LogP contribution in [0.2, 0.25) is 10.0 Å². The first-order valence-corrected chi connectivity index (χ1v) is 12.8. The normalized spacial score (nSPS) is 28.4. The van der Waals surface area contributed by atoms with Crippen LogP contribution in [0.1, 0.15) is 29.2 Å². The SMILES string of the molecule is C[C@H](C(=O)Nc1cccc(Cl)c1Cl)N1C(=O)[C@@H]2[C@H](C1=O)C1(Cl)c3ccccc3C2(Cl)c2ccccc21. The van der Waals surface area contributed by atoms with E-state index >= 15 is 0 Å². The first kappa shape index (κ1) is 23.8. The van der Waals surface area contributed by atoms with Gasteiger partial charge in [0.1, 0.15) is 15.8 Å². The molecule has 9 heteroatoms. The maximum absolute atomic E-state index is 14.0. The van der Waals surface area contributed by atoms with Crippen LogP contribution >= 0.6 is 46.4 Å². The van der Waals surface area contributed by atoms with E-state index in [-0.39, 0.29) is 15.7 Å². The largest absolute Gasteiger partial charge is 0.323 e. The summed E-state index contributed by atoms with van der Waals surface area (Å²) in [6.07, 6.45) is 0. The fourth-order valence-electron chi connectivity index (χ4n) is 6.03. The van der Waals surface area contributed by atoms with E-state index in [1.165, 1.54) is 6.92 Å². The van der Waals surface area contributed by atoms with Crippen molar-refractivity contribution in [1.29, 1.82) is 0 Å². The zero-order valence-electron chi connectivity index (χ0n) is 18.8. The molecule has 3 atom stereocenters. The highest BCUT2D eigenvalue weighted by Gasteiger charge is 2.73. The molecular weight excluding hydrogens is 542 g/mol. The second-order valence-corrected chi connectivity index (χ2v) is 11.3. The van der Waals surface area contributed by atoms with Crippen LogP contribution < -0.4 is 5.32 Å². The van der Waals surface area contributed by atoms with Crippen LogP contribution in [-0.4, -0.2) is 28.7 Å². The second kappa shape index (κ2) is 7.96. The van der Waals surface area contributed by atoms with Gasteiger partial charge in [0.2, 0.25) is 17.7 Å². The van der Waals surface area contributed by atoms with Crippen molar-refractivity contribution in [3.8, 4) is 0 Å². The third kappa shape index (κ3) is 2.83. The smallest absolute Gasteiger partial charge is 0.247 e. The molecule has 0 unspecified atom stereocenters. The summed E-state index contributed by atoms with van der Waals surface area (Å²) < 4.78 is 0. The average molecular weight is 560 g/mol. The molecule has 2 bridgehead atoms. The predicted molar refractivity (Wildman–Crippen MR) is 140 cm³/mol. The molecule has 3 aliphatic carbocycles. The van der Waals surface area contributed by atoms with E-state index < -0.39 is 45.3 Å². The van der Waals surface area contributed by atoms with Gasteiger partial charge in [-0.15, -0.1) is 23.2 Å². The van der Waals surface area contributed by atoms with Crippen molar-refractivity contribution in [3.05, 3.63) is 99.0 Å². The molecule has 3 aromatic carbocycles. The number of nitrogens with zero attached hydrogens (tertiary/aromatic N) is 1. The molecule has 5 nitrogen and oxygen atoms in total. The number of halogens is 4. The Morgan fingerprint density at radius 1 is 0.806 bits per heavy atom. The van der Waals surface area contributed by atoms with Crippen LogP contribution in [0.15, 0.2) is 66.7 Å². The van der Waals surface area contributed by atoms with Crippen LogP contribution in [0, 0.1) is 11.8 Å². The van der Waals surface area contributed by atoms with E-state index in [1.807, 2.05) is 48.5 Å². The summed E-state index contributed by atoms with van der Waals surface area (Å²) >= 11 is 27.1. The quantitative estimate of drug-likeness (QED) is 0.320. The number of carbonyl (C=O) groups excluding carboxylic acids is 3. The van der Waals surface area contributed by atoms with Gasteiger partial charge in [-0.25, -0.2) is 0 Å². The molecular formula is C27H18Cl4N2O3. The van der Waals surface area contributed by atoms with E-state index in [0.717, 1.165) is 4.90 Å². The lowest BCUT2D eigenvalue weighted by atomic mass is 9.54. The van der Waals surface area contributed by atoms with Gasteiger partial charge >= 0.3 is 0 Å². The topological polar surface area (TPSA) is 66.5 Å². The average Bonchev–Trinajstić information content (AvgIpc) is 3.15. The monoisotopic (exact) mass is 558 g/mol. The standard InChI is InChI=1S/C27H18Cl4N2O3/c1-13(23(34)32-19-12-6-11-18(28)22(19)29)33-24(35)20-21(25(33)36)27(31)15-8-3-2-7-14(15)26(20,30)16-9-4-5-10-17(16)27/h2-13,20-21H,1H3,(H,32,34)/t13-,20-,21+,26?,27?/m1/s1. The maximum atomic E-state index is 14.0. The van der Waals surface area contributed by atoms with Gasteiger partial charge in [-0.1, -0.05) is 77.8 Å². The summed E-state index contributed by atoms with van der Waals surface area (Å²) in [5.41, 5.74) is 3.08. The van der Waals surface area contributed by atoms with Gasteiger partial charge < -0.3 is 5.32 Å². The van der Waals surface area contributed by atoms with Crippen LogP contribution in [-0.2, 0) is 24.1 Å². The Bertz CT molecular complexity index is 1370. The summed E-state index contributed by atoms with van der Waals surface area (Å²) in [7, 11) is 0. The van der Waals surface area contributed by atoms with Gasteiger partial charge in [0, 0.05) is 0 Å². The van der Waals surface area contributed by atoms with E-state index in [2.05, 4.69) is 5.32 Å². The van der Waals surface area contributed by atoms with E-state index in [1.54, 1.807) is 18.2 Å². The molecule has 1 aliphatic heterocycles. The maximum Gasteiger partial charge on any atom is 0.247 e. The minimum Gasteiger partial charge on any atom is -0.323 e. The van der Waals surface area contributed by atoms with Crippen LogP contribution in [0.3, 0.4) is 0 Å². The fraction of sp³-hybridized carbons (Fsp3) is 0.222. The number of rotatable bonds is 3. The molecule has 7 rings (SSSR count). The van der Waals surface area contributed by atoms with Crippen molar-refractivity contribution in [3.63, 3.8) is 0 Å². The van der Waals surface area contributed by atoms with Crippen molar-refractivity contribution < 1.29 is 14.4 Å². The highest BCUT2D eigenvalue weighted by atomic mass is 35.5. The summed E-state index contributed by atoms with van der Waals surface area (Å²) in [6.45, 7) is 1.49. The summed E-state index contributed by atoms with van der Waals surface area (Å²) in [5, 5.41) is 3.10. The number of likely N-dealkylation sites (tertiary alicyclic amines) is 1. The summed E-state index contributed by atoms with van der Waals surface area (Å²) in [6, 6.07) is 18.4. The third-order valence-corrected chi connectivity index (χ3v) is 9.70. The lowest BCUT2D eigenvalue weighted by Crippen LogP contribution is -2.57. The number of imide groups is 1. The van der Waals surface area contributed by atoms with E-state index in [9.17, 15) is 14.4 Å². The Kier molecular flexibility index (Phi) is 5.27. The van der Waals surface area contributed by atoms with Gasteiger partial charge in [-0.05, 0) is 41.3 Å². The number of carbonyl (C=O) groups is 3. The van der Waals surface area contributed by atoms with Gasteiger partial charge in [0.25, 0.3) is 0 Å². The van der Waals surface area contributed by atoms with Gasteiger partial charge in [-0.3, -0.25) is 19.3 Å². The molecule has 0 spiro atoms. The minimum atomic E-state index is -1.30. The minimum absolute atomic E-state index is 0.163. The molecule has 0 radical (unpaired) electrons. The van der Waals surface area contributed by atoms with Gasteiger partial charge in [0.05, 0.1) is 27.6 Å². The molecule has 182 valence electrons. The molecule has 1 fully saturated rings. The van der Waals surface area contributed by atoms with Gasteiger partial charge in [0.15, 0.2) is 0 Å². The Labute approximate surface area is 227 Å². The van der Waals surface area contributed by atoms with E-state index in [4.69, 9.17) is 46.4 Å². The third-order valence-electron chi connectivity index (χ3n) is 7.60. The summed E-state index contributed by atoms with van der Waals surface area (Å²) in [5.74, 6) is -3.60. The zero-order chi connectivity index (χ0) is 25.6. The highest BCUT2D eigenvalue weighted by Crippen LogP contribution is 2.69. The Morgan fingerprint density at radius 3 is 1.69 bits per heavy atom. The lowest BCUT2D eigenvalue weighted by Gasteiger charge is -2.54. The zero-order valence-corrected chi connectivity index (χ0v) is 21.8. The first-order chi connectivity index (χ1) is 17.1. The van der Waals surface area contributed by atoms with Gasteiger partial charge in [-0.2, -0.15) is 0 Å². The molecule has 36 heavy (non-hydrogen) atoms. The molecule has 1 saturated heterocycles. The highest BCUT2D eigenvalue weighted by molar-refractivity contribution is 6.44. The molecule has 1 heterocycles. The van der Waals surface area contributed by atoms with Crippen LogP contribution in [0.5, 0.6) is 0 Å². The van der Waals surface area contributed by atoms with Crippen molar-refractivity contribution in [2.75, 3.05) is 5.32 Å². The van der Waals surface area contributed by atoms with Crippen molar-refractivity contribution in [2.45, 2.75) is 22.7 Å². The van der Waals surface area contributed by atoms with Crippen molar-refractivity contribution >= 4 is 69.8 Å². The summed E-state index contributed by atoms with van der Waals surface area (Å²) in [4.78, 5) is 39.5. The van der Waals surface area contributed by atoms with Crippen molar-refractivity contribution in [1.82, 2.24) is 4.90 Å². The second-order valence-electron chi connectivity index (χ2n) is 9.28. The molecule has 3 amide bonds. The van der Waals surface area contributed by atoms with Crippen LogP contribution in [0.4, 0.5) is 5.69 Å². The Hall–Kier alpha value is -2.57. The van der Waals surface area contributed by atoms with E-state index in [0.29, 0.717) is 22.3 Å². The number of alkyl halides is 2. The number of nitrogens with one attached hydrogen (secondary N) is 1. The predicted octanol–water partition coefficient (Wildman–Crippen LogP) is 5.91.